The number of aliphatic hydroxyl groups is 1. The summed E-state index contributed by atoms with van der Waals surface area (Å²) in [6.07, 6.45) is 5.22. The molecule has 0 aromatic heterocycles. The maximum atomic E-state index is 8.99. The Hall–Kier alpha value is -0.0400. The molecule has 0 spiro atoms. The van der Waals surface area contributed by atoms with Crippen molar-refractivity contribution in [2.45, 2.75) is 39.5 Å². The highest BCUT2D eigenvalue weighted by atomic mass is 16.3. The van der Waals surface area contributed by atoms with Crippen molar-refractivity contribution in [3.05, 3.63) is 0 Å². The molecule has 0 bridgehead atoms. The predicted octanol–water partition coefficient (Wildman–Crippen LogP) is 2.44. The molecular formula is C10H20O. The standard InChI is InChI=1S/C10H20O/c1-8(2)10-5-3-4-9(6-10)7-11/h8-11H,3-7H2,1-2H3. The summed E-state index contributed by atoms with van der Waals surface area (Å²) < 4.78 is 0. The van der Waals surface area contributed by atoms with Crippen molar-refractivity contribution in [1.29, 1.82) is 0 Å². The van der Waals surface area contributed by atoms with Crippen LogP contribution in [0.15, 0.2) is 0 Å². The van der Waals surface area contributed by atoms with Gasteiger partial charge < -0.3 is 5.11 Å². The van der Waals surface area contributed by atoms with Crippen LogP contribution in [0.4, 0.5) is 0 Å². The summed E-state index contributed by atoms with van der Waals surface area (Å²) in [5, 5.41) is 8.99. The normalized spacial score (nSPS) is 32.7. The van der Waals surface area contributed by atoms with Crippen LogP contribution in [0.25, 0.3) is 0 Å². The molecule has 11 heavy (non-hydrogen) atoms. The molecular weight excluding hydrogens is 136 g/mol. The van der Waals surface area contributed by atoms with E-state index < -0.39 is 0 Å². The fraction of sp³-hybridized carbons (Fsp3) is 1.00. The summed E-state index contributed by atoms with van der Waals surface area (Å²) in [6.45, 7) is 5.00. The zero-order valence-electron chi connectivity index (χ0n) is 7.71. The molecule has 1 aliphatic carbocycles. The second-order valence-electron chi connectivity index (χ2n) is 4.22. The van der Waals surface area contributed by atoms with Crippen LogP contribution in [0.2, 0.25) is 0 Å². The van der Waals surface area contributed by atoms with Gasteiger partial charge in [-0.25, -0.2) is 0 Å². The van der Waals surface area contributed by atoms with Gasteiger partial charge in [0, 0.05) is 6.61 Å². The largest absolute Gasteiger partial charge is 0.396 e. The first-order valence-electron chi connectivity index (χ1n) is 4.85. The highest BCUT2D eigenvalue weighted by Gasteiger charge is 2.23. The maximum absolute atomic E-state index is 8.99. The molecule has 1 fully saturated rings. The van der Waals surface area contributed by atoms with Crippen LogP contribution in [0, 0.1) is 17.8 Å². The molecule has 1 aliphatic rings. The van der Waals surface area contributed by atoms with Gasteiger partial charge in [0.25, 0.3) is 0 Å². The molecule has 0 radical (unpaired) electrons. The third kappa shape index (κ3) is 2.48. The molecule has 0 aromatic carbocycles. The molecule has 2 atom stereocenters. The van der Waals surface area contributed by atoms with Crippen molar-refractivity contribution in [1.82, 2.24) is 0 Å². The molecule has 0 aromatic rings. The van der Waals surface area contributed by atoms with Gasteiger partial charge in [-0.05, 0) is 30.6 Å². The van der Waals surface area contributed by atoms with Crippen molar-refractivity contribution in [2.75, 3.05) is 6.61 Å². The molecule has 1 N–H and O–H groups in total. The van der Waals surface area contributed by atoms with Crippen LogP contribution in [0.1, 0.15) is 39.5 Å². The van der Waals surface area contributed by atoms with Crippen molar-refractivity contribution in [3.63, 3.8) is 0 Å². The molecule has 1 saturated carbocycles. The summed E-state index contributed by atoms with van der Waals surface area (Å²) in [5.41, 5.74) is 0. The fourth-order valence-corrected chi connectivity index (χ4v) is 2.10. The minimum atomic E-state index is 0.406. The van der Waals surface area contributed by atoms with E-state index in [1.807, 2.05) is 0 Å². The van der Waals surface area contributed by atoms with Crippen molar-refractivity contribution < 1.29 is 5.11 Å². The Balaban J connectivity index is 2.33. The summed E-state index contributed by atoms with van der Waals surface area (Å²) in [7, 11) is 0. The summed E-state index contributed by atoms with van der Waals surface area (Å²) >= 11 is 0. The number of hydrogen-bond donors (Lipinski definition) is 1. The zero-order chi connectivity index (χ0) is 8.27. The second kappa shape index (κ2) is 4.10. The highest BCUT2D eigenvalue weighted by molar-refractivity contribution is 4.74. The molecule has 0 saturated heterocycles. The molecule has 1 nitrogen and oxygen atoms in total. The van der Waals surface area contributed by atoms with Crippen molar-refractivity contribution in [3.8, 4) is 0 Å². The molecule has 1 rings (SSSR count). The highest BCUT2D eigenvalue weighted by Crippen LogP contribution is 2.33. The van der Waals surface area contributed by atoms with Crippen molar-refractivity contribution >= 4 is 0 Å². The van der Waals surface area contributed by atoms with Crippen LogP contribution < -0.4 is 0 Å². The molecule has 0 heterocycles. The van der Waals surface area contributed by atoms with E-state index in [1.54, 1.807) is 0 Å². The third-order valence-corrected chi connectivity index (χ3v) is 3.02. The van der Waals surface area contributed by atoms with Gasteiger partial charge in [-0.3, -0.25) is 0 Å². The summed E-state index contributed by atoms with van der Waals surface area (Å²) in [6, 6.07) is 0. The lowest BCUT2D eigenvalue weighted by molar-refractivity contribution is 0.141. The Morgan fingerprint density at radius 2 is 2.09 bits per heavy atom. The molecule has 0 amide bonds. The minimum absolute atomic E-state index is 0.406. The Bertz CT molecular complexity index is 109. The van der Waals surface area contributed by atoms with E-state index in [9.17, 15) is 0 Å². The van der Waals surface area contributed by atoms with Crippen LogP contribution in [-0.2, 0) is 0 Å². The van der Waals surface area contributed by atoms with Gasteiger partial charge in [0.2, 0.25) is 0 Å². The molecule has 2 unspecified atom stereocenters. The lowest BCUT2D eigenvalue weighted by atomic mass is 9.76. The number of hydrogen-bond acceptors (Lipinski definition) is 1. The number of rotatable bonds is 2. The van der Waals surface area contributed by atoms with E-state index >= 15 is 0 Å². The first-order chi connectivity index (χ1) is 5.24. The van der Waals surface area contributed by atoms with E-state index in [0.717, 1.165) is 11.8 Å². The monoisotopic (exact) mass is 156 g/mol. The first-order valence-corrected chi connectivity index (χ1v) is 4.85. The van der Waals surface area contributed by atoms with E-state index in [1.165, 1.54) is 25.7 Å². The Morgan fingerprint density at radius 3 is 2.64 bits per heavy atom. The van der Waals surface area contributed by atoms with Crippen LogP contribution in [0.3, 0.4) is 0 Å². The third-order valence-electron chi connectivity index (χ3n) is 3.02. The summed E-state index contributed by atoms with van der Waals surface area (Å²) in [5.74, 6) is 2.29. The Morgan fingerprint density at radius 1 is 1.36 bits per heavy atom. The van der Waals surface area contributed by atoms with E-state index in [4.69, 9.17) is 5.11 Å². The van der Waals surface area contributed by atoms with Gasteiger partial charge in [0.1, 0.15) is 0 Å². The molecule has 1 heteroatoms. The first kappa shape index (κ1) is 9.05. The lowest BCUT2D eigenvalue weighted by Gasteiger charge is -2.30. The van der Waals surface area contributed by atoms with Gasteiger partial charge in [-0.15, -0.1) is 0 Å². The summed E-state index contributed by atoms with van der Waals surface area (Å²) in [4.78, 5) is 0. The topological polar surface area (TPSA) is 20.2 Å². The maximum Gasteiger partial charge on any atom is 0.0459 e. The zero-order valence-corrected chi connectivity index (χ0v) is 7.71. The molecule has 0 aliphatic heterocycles. The van der Waals surface area contributed by atoms with Gasteiger partial charge in [-0.1, -0.05) is 26.7 Å². The lowest BCUT2D eigenvalue weighted by Crippen LogP contribution is -2.21. The van der Waals surface area contributed by atoms with Crippen LogP contribution in [-0.4, -0.2) is 11.7 Å². The predicted molar refractivity (Wildman–Crippen MR) is 47.4 cm³/mol. The minimum Gasteiger partial charge on any atom is -0.396 e. The SMILES string of the molecule is CC(C)C1CCCC(CO)C1. The van der Waals surface area contributed by atoms with Crippen molar-refractivity contribution in [2.24, 2.45) is 17.8 Å². The van der Waals surface area contributed by atoms with Gasteiger partial charge in [0.05, 0.1) is 0 Å². The van der Waals surface area contributed by atoms with E-state index in [0.29, 0.717) is 12.5 Å². The van der Waals surface area contributed by atoms with E-state index in [-0.39, 0.29) is 0 Å². The van der Waals surface area contributed by atoms with Gasteiger partial charge >= 0.3 is 0 Å². The Labute approximate surface area is 69.8 Å². The second-order valence-corrected chi connectivity index (χ2v) is 4.22. The fourth-order valence-electron chi connectivity index (χ4n) is 2.10. The van der Waals surface area contributed by atoms with Crippen LogP contribution >= 0.6 is 0 Å². The average molecular weight is 156 g/mol. The smallest absolute Gasteiger partial charge is 0.0459 e. The Kier molecular flexibility index (Phi) is 3.38. The quantitative estimate of drug-likeness (QED) is 0.651. The van der Waals surface area contributed by atoms with Gasteiger partial charge in [-0.2, -0.15) is 0 Å². The van der Waals surface area contributed by atoms with Crippen LogP contribution in [0.5, 0.6) is 0 Å². The number of aliphatic hydroxyl groups excluding tert-OH is 1. The van der Waals surface area contributed by atoms with Gasteiger partial charge in [0.15, 0.2) is 0 Å². The molecule has 66 valence electrons. The van der Waals surface area contributed by atoms with E-state index in [2.05, 4.69) is 13.8 Å². The average Bonchev–Trinajstić information content (AvgIpc) is 2.05.